The Morgan fingerprint density at radius 2 is 2.04 bits per heavy atom. The minimum absolute atomic E-state index is 0.0386. The number of aromatic hydroxyl groups is 1. The van der Waals surface area contributed by atoms with Crippen LogP contribution in [0.15, 0.2) is 42.0 Å². The highest BCUT2D eigenvalue weighted by Crippen LogP contribution is 2.28. The summed E-state index contributed by atoms with van der Waals surface area (Å²) in [5.74, 6) is -0.434. The number of phenolic OH excluding ortho intramolecular Hbond substituents is 1. The van der Waals surface area contributed by atoms with E-state index in [0.717, 1.165) is 0 Å². The Morgan fingerprint density at radius 1 is 1.29 bits per heavy atom. The average molecular weight is 363 g/mol. The molecule has 5 nitrogen and oxygen atoms in total. The highest BCUT2D eigenvalue weighted by molar-refractivity contribution is 6.36. The number of benzene rings is 2. The zero-order valence-corrected chi connectivity index (χ0v) is 14.0. The van der Waals surface area contributed by atoms with Gasteiger partial charge < -0.3 is 15.2 Å². The monoisotopic (exact) mass is 362 g/mol. The summed E-state index contributed by atoms with van der Waals surface area (Å²) in [7, 11) is 1.40. The van der Waals surface area contributed by atoms with Gasteiger partial charge in [-0.3, -0.25) is 4.79 Å². The molecule has 0 aliphatic heterocycles. The number of phenols is 1. The van der Waals surface area contributed by atoms with Crippen molar-refractivity contribution < 1.29 is 14.6 Å². The third kappa shape index (κ3) is 4.19. The van der Waals surface area contributed by atoms with Gasteiger partial charge in [-0.1, -0.05) is 29.3 Å². The maximum absolute atomic E-state index is 12.2. The van der Waals surface area contributed by atoms with E-state index >= 15 is 0 Å². The summed E-state index contributed by atoms with van der Waals surface area (Å²) < 4.78 is 4.99. The summed E-state index contributed by atoms with van der Waals surface area (Å²) in [6.45, 7) is 0. The molecule has 24 heavy (non-hydrogen) atoms. The molecular formula is C17H12Cl2N2O3. The first-order chi connectivity index (χ1) is 11.4. The molecule has 0 aromatic heterocycles. The van der Waals surface area contributed by atoms with E-state index in [4.69, 9.17) is 27.9 Å². The lowest BCUT2D eigenvalue weighted by molar-refractivity contribution is -0.112. The van der Waals surface area contributed by atoms with Crippen LogP contribution in [-0.4, -0.2) is 18.1 Å². The summed E-state index contributed by atoms with van der Waals surface area (Å²) >= 11 is 11.8. The van der Waals surface area contributed by atoms with Crippen molar-refractivity contribution in [3.63, 3.8) is 0 Å². The normalized spacial score (nSPS) is 10.8. The van der Waals surface area contributed by atoms with E-state index in [1.54, 1.807) is 18.2 Å². The molecule has 0 saturated heterocycles. The van der Waals surface area contributed by atoms with Crippen LogP contribution in [0.25, 0.3) is 6.08 Å². The first-order valence-corrected chi connectivity index (χ1v) is 7.45. The van der Waals surface area contributed by atoms with Crippen molar-refractivity contribution in [2.75, 3.05) is 12.4 Å². The Hall–Kier alpha value is -2.68. The maximum Gasteiger partial charge on any atom is 0.266 e. The topological polar surface area (TPSA) is 82.3 Å². The Balaban J connectivity index is 2.29. The molecule has 0 fully saturated rings. The Bertz CT molecular complexity index is 857. The zero-order chi connectivity index (χ0) is 17.7. The number of rotatable bonds is 4. The number of hydrogen-bond donors (Lipinski definition) is 2. The SMILES string of the molecule is COc1cc(/C=C(/C#N)C(=O)Nc2cc(Cl)ccc2Cl)ccc1O. The number of hydrogen-bond acceptors (Lipinski definition) is 4. The predicted octanol–water partition coefficient (Wildman–Crippen LogP) is 4.25. The summed E-state index contributed by atoms with van der Waals surface area (Å²) in [4.78, 5) is 12.2. The Morgan fingerprint density at radius 3 is 2.71 bits per heavy atom. The van der Waals surface area contributed by atoms with E-state index in [0.29, 0.717) is 21.3 Å². The molecule has 0 aliphatic carbocycles. The third-order valence-corrected chi connectivity index (χ3v) is 3.62. The second-order valence-corrected chi connectivity index (χ2v) is 5.52. The van der Waals surface area contributed by atoms with Gasteiger partial charge in [-0.15, -0.1) is 0 Å². The lowest BCUT2D eigenvalue weighted by Crippen LogP contribution is -2.13. The molecule has 0 spiro atoms. The van der Waals surface area contributed by atoms with Crippen molar-refractivity contribution in [3.05, 3.63) is 57.6 Å². The summed E-state index contributed by atoms with van der Waals surface area (Å²) in [5.41, 5.74) is 0.686. The molecule has 2 aromatic rings. The van der Waals surface area contributed by atoms with Crippen LogP contribution in [0.4, 0.5) is 5.69 Å². The van der Waals surface area contributed by atoms with Gasteiger partial charge in [0.15, 0.2) is 11.5 Å². The maximum atomic E-state index is 12.2. The number of nitrogens with zero attached hydrogens (tertiary/aromatic N) is 1. The quantitative estimate of drug-likeness (QED) is 0.628. The van der Waals surface area contributed by atoms with Crippen LogP contribution >= 0.6 is 23.2 Å². The molecule has 2 rings (SSSR count). The number of amides is 1. The van der Waals surface area contributed by atoms with Crippen LogP contribution in [0.2, 0.25) is 10.0 Å². The molecule has 0 unspecified atom stereocenters. The number of nitriles is 1. The second-order valence-electron chi connectivity index (χ2n) is 4.68. The van der Waals surface area contributed by atoms with Gasteiger partial charge in [-0.2, -0.15) is 5.26 Å². The fraction of sp³-hybridized carbons (Fsp3) is 0.0588. The van der Waals surface area contributed by atoms with Gasteiger partial charge in [0.1, 0.15) is 11.6 Å². The van der Waals surface area contributed by atoms with E-state index < -0.39 is 5.91 Å². The average Bonchev–Trinajstić information content (AvgIpc) is 2.57. The predicted molar refractivity (Wildman–Crippen MR) is 93.3 cm³/mol. The van der Waals surface area contributed by atoms with E-state index in [1.807, 2.05) is 6.07 Å². The van der Waals surface area contributed by atoms with Gasteiger partial charge in [0, 0.05) is 5.02 Å². The van der Waals surface area contributed by atoms with Gasteiger partial charge in [-0.05, 0) is 42.0 Å². The van der Waals surface area contributed by atoms with Crippen LogP contribution in [0, 0.1) is 11.3 Å². The number of carbonyl (C=O) groups excluding carboxylic acids is 1. The molecule has 7 heteroatoms. The molecule has 122 valence electrons. The van der Waals surface area contributed by atoms with Gasteiger partial charge in [0.25, 0.3) is 5.91 Å². The van der Waals surface area contributed by atoms with Gasteiger partial charge in [0.2, 0.25) is 0 Å². The molecule has 0 radical (unpaired) electrons. The number of methoxy groups -OCH3 is 1. The Kier molecular flexibility index (Phi) is 5.69. The fourth-order valence-corrected chi connectivity index (χ4v) is 2.22. The molecule has 0 saturated carbocycles. The van der Waals surface area contributed by atoms with Crippen molar-refractivity contribution in [2.45, 2.75) is 0 Å². The van der Waals surface area contributed by atoms with Gasteiger partial charge >= 0.3 is 0 Å². The van der Waals surface area contributed by atoms with Gasteiger partial charge in [-0.25, -0.2) is 0 Å². The van der Waals surface area contributed by atoms with Crippen molar-refractivity contribution in [3.8, 4) is 17.6 Å². The minimum atomic E-state index is -0.631. The summed E-state index contributed by atoms with van der Waals surface area (Å²) in [5, 5.41) is 22.0. The lowest BCUT2D eigenvalue weighted by Gasteiger charge is -2.07. The van der Waals surface area contributed by atoms with Crippen molar-refractivity contribution in [1.82, 2.24) is 0 Å². The molecule has 1 amide bonds. The first kappa shape index (κ1) is 17.7. The van der Waals surface area contributed by atoms with Crippen molar-refractivity contribution >= 4 is 40.9 Å². The number of anilines is 1. The molecule has 0 bridgehead atoms. The molecule has 2 N–H and O–H groups in total. The standard InChI is InChI=1S/C17H12Cl2N2O3/c1-24-16-7-10(2-5-15(16)22)6-11(9-20)17(23)21-14-8-12(18)3-4-13(14)19/h2-8,22H,1H3,(H,21,23)/b11-6-. The number of halogens is 2. The largest absolute Gasteiger partial charge is 0.504 e. The van der Waals surface area contributed by atoms with E-state index in [2.05, 4.69) is 5.32 Å². The van der Waals surface area contributed by atoms with Crippen LogP contribution in [0.3, 0.4) is 0 Å². The fourth-order valence-electron chi connectivity index (χ4n) is 1.88. The van der Waals surface area contributed by atoms with Crippen LogP contribution < -0.4 is 10.1 Å². The third-order valence-electron chi connectivity index (χ3n) is 3.06. The van der Waals surface area contributed by atoms with Crippen LogP contribution in [0.1, 0.15) is 5.56 Å². The molecular weight excluding hydrogens is 351 g/mol. The first-order valence-electron chi connectivity index (χ1n) is 6.70. The highest BCUT2D eigenvalue weighted by Gasteiger charge is 2.12. The van der Waals surface area contributed by atoms with Gasteiger partial charge in [0.05, 0.1) is 17.8 Å². The summed E-state index contributed by atoms with van der Waals surface area (Å²) in [6.07, 6.45) is 1.37. The Labute approximate surface area is 148 Å². The highest BCUT2D eigenvalue weighted by atomic mass is 35.5. The van der Waals surface area contributed by atoms with Crippen LogP contribution in [0.5, 0.6) is 11.5 Å². The van der Waals surface area contributed by atoms with Crippen LogP contribution in [-0.2, 0) is 4.79 Å². The molecule has 2 aromatic carbocycles. The van der Waals surface area contributed by atoms with E-state index in [9.17, 15) is 15.2 Å². The lowest BCUT2D eigenvalue weighted by atomic mass is 10.1. The molecule has 0 heterocycles. The summed E-state index contributed by atoms with van der Waals surface area (Å²) in [6, 6.07) is 10.9. The second kappa shape index (κ2) is 7.73. The van der Waals surface area contributed by atoms with E-state index in [1.165, 1.54) is 31.4 Å². The van der Waals surface area contributed by atoms with Crippen molar-refractivity contribution in [1.29, 1.82) is 5.26 Å². The molecule has 0 atom stereocenters. The number of ether oxygens (including phenoxy) is 1. The molecule has 0 aliphatic rings. The minimum Gasteiger partial charge on any atom is -0.504 e. The number of nitrogens with one attached hydrogen (secondary N) is 1. The van der Waals surface area contributed by atoms with E-state index in [-0.39, 0.29) is 17.1 Å². The smallest absolute Gasteiger partial charge is 0.266 e. The number of carbonyl (C=O) groups is 1. The van der Waals surface area contributed by atoms with Crippen molar-refractivity contribution in [2.24, 2.45) is 0 Å². The zero-order valence-electron chi connectivity index (χ0n) is 12.5.